The molecular weight excluding hydrogens is 531 g/mol. The molecule has 0 bridgehead atoms. The molecular formula is C23H26Cl2N4O6S. The zero-order valence-corrected chi connectivity index (χ0v) is 21.8. The lowest BCUT2D eigenvalue weighted by molar-refractivity contribution is -0.123. The fourth-order valence-corrected chi connectivity index (χ4v) is 4.60. The van der Waals surface area contributed by atoms with Crippen LogP contribution < -0.4 is 19.8 Å². The zero-order chi connectivity index (χ0) is 26.1. The van der Waals surface area contributed by atoms with Crippen molar-refractivity contribution < 1.29 is 27.5 Å². The van der Waals surface area contributed by atoms with Crippen molar-refractivity contribution in [3.05, 3.63) is 58.1 Å². The van der Waals surface area contributed by atoms with Gasteiger partial charge in [0.1, 0.15) is 12.3 Å². The number of rotatable bonds is 11. The van der Waals surface area contributed by atoms with Crippen LogP contribution in [0.1, 0.15) is 18.4 Å². The average molecular weight is 557 g/mol. The van der Waals surface area contributed by atoms with Crippen LogP contribution in [0, 0.1) is 0 Å². The van der Waals surface area contributed by atoms with Crippen molar-refractivity contribution in [3.8, 4) is 5.75 Å². The summed E-state index contributed by atoms with van der Waals surface area (Å²) < 4.78 is 36.2. The Bertz CT molecular complexity index is 1200. The van der Waals surface area contributed by atoms with Gasteiger partial charge >= 0.3 is 0 Å². The molecule has 3 rings (SSSR count). The third-order valence-corrected chi connectivity index (χ3v) is 7.03. The number of benzene rings is 2. The molecule has 0 radical (unpaired) electrons. The maximum absolute atomic E-state index is 12.3. The first-order chi connectivity index (χ1) is 17.1. The number of anilines is 1. The minimum absolute atomic E-state index is 0.0171. The normalized spacial score (nSPS) is 15.6. The Labute approximate surface area is 219 Å². The molecule has 2 aromatic rings. The molecule has 0 saturated carbocycles. The van der Waals surface area contributed by atoms with E-state index in [1.165, 1.54) is 24.4 Å². The van der Waals surface area contributed by atoms with Gasteiger partial charge in [-0.1, -0.05) is 29.3 Å². The van der Waals surface area contributed by atoms with Gasteiger partial charge in [-0.2, -0.15) is 5.10 Å². The van der Waals surface area contributed by atoms with E-state index in [1.54, 1.807) is 24.3 Å². The van der Waals surface area contributed by atoms with Gasteiger partial charge in [0.25, 0.3) is 11.8 Å². The molecule has 13 heteroatoms. The van der Waals surface area contributed by atoms with Crippen LogP contribution in [0.25, 0.3) is 0 Å². The summed E-state index contributed by atoms with van der Waals surface area (Å²) in [4.78, 5) is 24.2. The second kappa shape index (κ2) is 12.9. The molecule has 1 heterocycles. The fourth-order valence-electron chi connectivity index (χ4n) is 3.29. The highest BCUT2D eigenvalue weighted by atomic mass is 35.5. The molecule has 0 aromatic heterocycles. The maximum Gasteiger partial charge on any atom is 0.260 e. The van der Waals surface area contributed by atoms with Crippen LogP contribution in [0.2, 0.25) is 10.0 Å². The molecule has 2 N–H and O–H groups in total. The summed E-state index contributed by atoms with van der Waals surface area (Å²) in [6.07, 6.45) is 4.35. The number of hydrogen-bond acceptors (Lipinski definition) is 7. The van der Waals surface area contributed by atoms with E-state index >= 15 is 0 Å². The minimum Gasteiger partial charge on any atom is -0.484 e. The Morgan fingerprint density at radius 1 is 1.19 bits per heavy atom. The molecule has 1 atom stereocenters. The molecule has 0 unspecified atom stereocenters. The third kappa shape index (κ3) is 8.37. The number of hydrazone groups is 1. The molecule has 1 fully saturated rings. The molecule has 194 valence electrons. The molecule has 36 heavy (non-hydrogen) atoms. The first-order valence-electron chi connectivity index (χ1n) is 11.0. The highest BCUT2D eigenvalue weighted by molar-refractivity contribution is 7.92. The summed E-state index contributed by atoms with van der Waals surface area (Å²) in [6, 6.07) is 11.2. The lowest BCUT2D eigenvalue weighted by atomic mass is 10.2. The fraction of sp³-hybridized carbons (Fsp3) is 0.348. The zero-order valence-electron chi connectivity index (χ0n) is 19.4. The van der Waals surface area contributed by atoms with Crippen molar-refractivity contribution >= 4 is 56.9 Å². The number of carbonyl (C=O) groups is 2. The number of hydrogen-bond donors (Lipinski definition) is 2. The molecule has 1 aliphatic rings. The monoisotopic (exact) mass is 556 g/mol. The first kappa shape index (κ1) is 27.7. The van der Waals surface area contributed by atoms with Gasteiger partial charge in [0.15, 0.2) is 6.61 Å². The number of sulfonamides is 1. The van der Waals surface area contributed by atoms with Gasteiger partial charge in [0.05, 0.1) is 34.3 Å². The number of nitrogens with zero attached hydrogens (tertiary/aromatic N) is 2. The number of amides is 2. The van der Waals surface area contributed by atoms with Crippen LogP contribution in [0.15, 0.2) is 47.6 Å². The first-order valence-corrected chi connectivity index (χ1v) is 13.6. The Balaban J connectivity index is 1.48. The summed E-state index contributed by atoms with van der Waals surface area (Å²) in [5.41, 5.74) is 3.01. The Hall–Kier alpha value is -2.86. The summed E-state index contributed by atoms with van der Waals surface area (Å²) in [5.74, 6) is -0.423. The summed E-state index contributed by atoms with van der Waals surface area (Å²) in [5, 5.41) is 6.81. The molecule has 0 spiro atoms. The molecule has 10 nitrogen and oxygen atoms in total. The van der Waals surface area contributed by atoms with Crippen LogP contribution in [0.5, 0.6) is 5.75 Å². The van der Waals surface area contributed by atoms with Gasteiger partial charge in [0, 0.05) is 13.2 Å². The highest BCUT2D eigenvalue weighted by Crippen LogP contribution is 2.33. The van der Waals surface area contributed by atoms with Crippen molar-refractivity contribution in [1.82, 2.24) is 10.7 Å². The standard InChI is InChI=1S/C23H26Cl2N4O6S/c1-36(32,33)29(20-6-2-5-19(24)23(20)25)14-21(30)28-27-12-16-7-9-17(10-8-16)35-15-22(31)26-13-18-4-3-11-34-18/h2,5-10,12,18H,3-4,11,13-15H2,1H3,(H,26,31)(H,28,30)/b27-12-/t18-/m0/s1. The lowest BCUT2D eigenvalue weighted by Crippen LogP contribution is -2.39. The van der Waals surface area contributed by atoms with Crippen LogP contribution in [0.4, 0.5) is 5.69 Å². The lowest BCUT2D eigenvalue weighted by Gasteiger charge is -2.22. The van der Waals surface area contributed by atoms with E-state index in [9.17, 15) is 18.0 Å². The summed E-state index contributed by atoms with van der Waals surface area (Å²) in [7, 11) is -3.83. The van der Waals surface area contributed by atoms with Crippen molar-refractivity contribution in [2.24, 2.45) is 5.10 Å². The van der Waals surface area contributed by atoms with Crippen LogP contribution >= 0.6 is 23.2 Å². The maximum atomic E-state index is 12.3. The molecule has 2 aromatic carbocycles. The molecule has 2 amide bonds. The Morgan fingerprint density at radius 3 is 2.61 bits per heavy atom. The van der Waals surface area contributed by atoms with Crippen LogP contribution in [-0.2, 0) is 24.3 Å². The number of halogens is 2. The van der Waals surface area contributed by atoms with E-state index < -0.39 is 22.5 Å². The van der Waals surface area contributed by atoms with Gasteiger partial charge in [-0.05, 0) is 54.8 Å². The number of ether oxygens (including phenoxy) is 2. The van der Waals surface area contributed by atoms with Gasteiger partial charge in [-0.3, -0.25) is 13.9 Å². The van der Waals surface area contributed by atoms with Gasteiger partial charge in [-0.15, -0.1) is 0 Å². The van der Waals surface area contributed by atoms with E-state index in [-0.39, 0.29) is 34.4 Å². The van der Waals surface area contributed by atoms with E-state index in [0.29, 0.717) is 17.9 Å². The topological polar surface area (TPSA) is 126 Å². The SMILES string of the molecule is CS(=O)(=O)N(CC(=O)N/N=C\c1ccc(OCC(=O)NC[C@@H]2CCCO2)cc1)c1cccc(Cl)c1Cl. The second-order valence-corrected chi connectivity index (χ2v) is 10.6. The minimum atomic E-state index is -3.83. The van der Waals surface area contributed by atoms with Gasteiger partial charge in [-0.25, -0.2) is 13.8 Å². The van der Waals surface area contributed by atoms with Crippen LogP contribution in [-0.4, -0.2) is 65.1 Å². The molecule has 1 aliphatic heterocycles. The number of nitrogens with one attached hydrogen (secondary N) is 2. The Kier molecular flexibility index (Phi) is 9.94. The van der Waals surface area contributed by atoms with Gasteiger partial charge < -0.3 is 14.8 Å². The number of carbonyl (C=O) groups excluding carboxylic acids is 2. The van der Waals surface area contributed by atoms with Crippen molar-refractivity contribution in [1.29, 1.82) is 0 Å². The van der Waals surface area contributed by atoms with E-state index in [0.717, 1.165) is 30.0 Å². The van der Waals surface area contributed by atoms with Crippen molar-refractivity contribution in [3.63, 3.8) is 0 Å². The third-order valence-electron chi connectivity index (χ3n) is 5.09. The molecule has 0 aliphatic carbocycles. The second-order valence-electron chi connectivity index (χ2n) is 7.93. The summed E-state index contributed by atoms with van der Waals surface area (Å²) >= 11 is 12.1. The predicted octanol–water partition coefficient (Wildman–Crippen LogP) is 2.58. The quantitative estimate of drug-likeness (QED) is 0.323. The molecule has 1 saturated heterocycles. The van der Waals surface area contributed by atoms with E-state index in [1.807, 2.05) is 0 Å². The van der Waals surface area contributed by atoms with E-state index in [4.69, 9.17) is 32.7 Å². The summed E-state index contributed by atoms with van der Waals surface area (Å²) in [6.45, 7) is 0.534. The largest absolute Gasteiger partial charge is 0.484 e. The smallest absolute Gasteiger partial charge is 0.260 e. The van der Waals surface area contributed by atoms with Crippen molar-refractivity contribution in [2.45, 2.75) is 18.9 Å². The average Bonchev–Trinajstić information content (AvgIpc) is 3.36. The predicted molar refractivity (Wildman–Crippen MR) is 138 cm³/mol. The highest BCUT2D eigenvalue weighted by Gasteiger charge is 2.23. The Morgan fingerprint density at radius 2 is 1.94 bits per heavy atom. The van der Waals surface area contributed by atoms with Crippen molar-refractivity contribution in [2.75, 3.05) is 36.9 Å². The van der Waals surface area contributed by atoms with E-state index in [2.05, 4.69) is 15.8 Å². The van der Waals surface area contributed by atoms with Crippen LogP contribution in [0.3, 0.4) is 0 Å². The van der Waals surface area contributed by atoms with Gasteiger partial charge in [0.2, 0.25) is 10.0 Å².